The molecule has 1 aromatic carbocycles. The molecule has 2 fully saturated rings. The van der Waals surface area contributed by atoms with E-state index in [0.29, 0.717) is 24.9 Å². The Bertz CT molecular complexity index is 652. The Morgan fingerprint density at radius 3 is 2.34 bits per heavy atom. The summed E-state index contributed by atoms with van der Waals surface area (Å²) in [6.07, 6.45) is 5.79. The minimum atomic E-state index is -0.0607. The number of benzene rings is 1. The monoisotopic (exact) mass is 400 g/mol. The predicted molar refractivity (Wildman–Crippen MR) is 117 cm³/mol. The van der Waals surface area contributed by atoms with Gasteiger partial charge in [0.05, 0.1) is 6.04 Å². The van der Waals surface area contributed by atoms with Crippen molar-refractivity contribution >= 4 is 17.6 Å². The third-order valence-electron chi connectivity index (χ3n) is 6.46. The quantitative estimate of drug-likeness (QED) is 0.736. The Balaban J connectivity index is 1.56. The Labute approximate surface area is 175 Å². The van der Waals surface area contributed by atoms with Gasteiger partial charge < -0.3 is 15.5 Å². The molecule has 3 amide bonds. The molecule has 0 aromatic heterocycles. The fourth-order valence-corrected chi connectivity index (χ4v) is 4.40. The summed E-state index contributed by atoms with van der Waals surface area (Å²) in [5.74, 6) is 1.12. The summed E-state index contributed by atoms with van der Waals surface area (Å²) in [6, 6.07) is 9.44. The van der Waals surface area contributed by atoms with E-state index in [2.05, 4.69) is 29.4 Å². The molecule has 0 unspecified atom stereocenters. The van der Waals surface area contributed by atoms with Gasteiger partial charge in [0.2, 0.25) is 5.91 Å². The van der Waals surface area contributed by atoms with Crippen LogP contribution in [-0.2, 0) is 4.79 Å². The molecule has 6 heteroatoms. The van der Waals surface area contributed by atoms with Crippen molar-refractivity contribution < 1.29 is 9.59 Å². The Kier molecular flexibility index (Phi) is 7.92. The maximum atomic E-state index is 13.1. The molecule has 2 aliphatic rings. The lowest BCUT2D eigenvalue weighted by Crippen LogP contribution is -2.58. The molecule has 160 valence electrons. The number of nitrogens with zero attached hydrogens (tertiary/aromatic N) is 2. The molecule has 0 bridgehead atoms. The first-order valence-electron chi connectivity index (χ1n) is 11.2. The zero-order valence-corrected chi connectivity index (χ0v) is 17.9. The molecule has 1 aliphatic carbocycles. The van der Waals surface area contributed by atoms with Gasteiger partial charge in [-0.2, -0.15) is 0 Å². The van der Waals surface area contributed by atoms with Crippen LogP contribution in [-0.4, -0.2) is 60.5 Å². The van der Waals surface area contributed by atoms with Crippen molar-refractivity contribution in [2.24, 2.45) is 11.8 Å². The summed E-state index contributed by atoms with van der Waals surface area (Å²) >= 11 is 0. The van der Waals surface area contributed by atoms with Crippen molar-refractivity contribution in [2.75, 3.05) is 38.0 Å². The van der Waals surface area contributed by atoms with Crippen molar-refractivity contribution in [2.45, 2.75) is 52.0 Å². The largest absolute Gasteiger partial charge is 0.354 e. The number of amides is 3. The van der Waals surface area contributed by atoms with Gasteiger partial charge in [-0.15, -0.1) is 0 Å². The number of rotatable bonds is 7. The lowest BCUT2D eigenvalue weighted by atomic mass is 9.94. The first-order valence-corrected chi connectivity index (χ1v) is 11.2. The zero-order valence-electron chi connectivity index (χ0n) is 17.9. The highest BCUT2D eigenvalue weighted by Crippen LogP contribution is 2.31. The van der Waals surface area contributed by atoms with Crippen LogP contribution in [0.25, 0.3) is 0 Å². The SMILES string of the molecule is CC[C@H](C)CNC(=O)[C@H](C1CCCC1)N1CCN(C(=O)Nc2ccccc2)CC1. The number of hydrogen-bond acceptors (Lipinski definition) is 3. The summed E-state index contributed by atoms with van der Waals surface area (Å²) in [4.78, 5) is 29.8. The second kappa shape index (κ2) is 10.6. The van der Waals surface area contributed by atoms with Crippen LogP contribution in [0.15, 0.2) is 30.3 Å². The van der Waals surface area contributed by atoms with Crippen LogP contribution in [0, 0.1) is 11.8 Å². The first kappa shape index (κ1) is 21.6. The van der Waals surface area contributed by atoms with E-state index in [4.69, 9.17) is 0 Å². The molecule has 1 heterocycles. The van der Waals surface area contributed by atoms with Gasteiger partial charge >= 0.3 is 6.03 Å². The van der Waals surface area contributed by atoms with Gasteiger partial charge in [-0.25, -0.2) is 4.79 Å². The van der Waals surface area contributed by atoms with Crippen molar-refractivity contribution in [3.8, 4) is 0 Å². The zero-order chi connectivity index (χ0) is 20.6. The summed E-state index contributed by atoms with van der Waals surface area (Å²) in [5, 5.41) is 6.16. The van der Waals surface area contributed by atoms with E-state index in [9.17, 15) is 9.59 Å². The van der Waals surface area contributed by atoms with E-state index in [-0.39, 0.29) is 18.0 Å². The third-order valence-corrected chi connectivity index (χ3v) is 6.46. The summed E-state index contributed by atoms with van der Waals surface area (Å²) < 4.78 is 0. The van der Waals surface area contributed by atoms with Gasteiger partial charge in [0.15, 0.2) is 0 Å². The fraction of sp³-hybridized carbons (Fsp3) is 0.652. The van der Waals surface area contributed by atoms with Crippen LogP contribution in [0.2, 0.25) is 0 Å². The van der Waals surface area contributed by atoms with Crippen molar-refractivity contribution in [3.63, 3.8) is 0 Å². The number of carbonyl (C=O) groups is 2. The number of hydrogen-bond donors (Lipinski definition) is 2. The molecule has 29 heavy (non-hydrogen) atoms. The van der Waals surface area contributed by atoms with E-state index in [1.54, 1.807) is 0 Å². The van der Waals surface area contributed by atoms with Crippen LogP contribution < -0.4 is 10.6 Å². The molecular weight excluding hydrogens is 364 g/mol. The second-order valence-electron chi connectivity index (χ2n) is 8.57. The number of para-hydroxylation sites is 1. The number of nitrogens with one attached hydrogen (secondary N) is 2. The Morgan fingerprint density at radius 1 is 1.07 bits per heavy atom. The molecule has 2 N–H and O–H groups in total. The van der Waals surface area contributed by atoms with Gasteiger partial charge in [-0.05, 0) is 36.8 Å². The average molecular weight is 401 g/mol. The maximum Gasteiger partial charge on any atom is 0.321 e. The van der Waals surface area contributed by atoms with Crippen LogP contribution >= 0.6 is 0 Å². The van der Waals surface area contributed by atoms with Crippen LogP contribution in [0.5, 0.6) is 0 Å². The Hall–Kier alpha value is -2.08. The van der Waals surface area contributed by atoms with Gasteiger partial charge in [-0.3, -0.25) is 9.69 Å². The van der Waals surface area contributed by atoms with Gasteiger partial charge in [0.25, 0.3) is 0 Å². The normalized spacial score (nSPS) is 20.3. The highest BCUT2D eigenvalue weighted by atomic mass is 16.2. The fourth-order valence-electron chi connectivity index (χ4n) is 4.40. The van der Waals surface area contributed by atoms with Gasteiger partial charge in [0.1, 0.15) is 0 Å². The molecule has 3 rings (SSSR count). The smallest absolute Gasteiger partial charge is 0.321 e. The topological polar surface area (TPSA) is 64.7 Å². The van der Waals surface area contributed by atoms with E-state index in [0.717, 1.165) is 44.6 Å². The van der Waals surface area contributed by atoms with E-state index < -0.39 is 0 Å². The second-order valence-corrected chi connectivity index (χ2v) is 8.57. The van der Waals surface area contributed by atoms with E-state index in [1.165, 1.54) is 12.8 Å². The maximum absolute atomic E-state index is 13.1. The highest BCUT2D eigenvalue weighted by Gasteiger charge is 2.37. The molecule has 2 atom stereocenters. The van der Waals surface area contributed by atoms with Gasteiger partial charge in [0, 0.05) is 38.4 Å². The van der Waals surface area contributed by atoms with Crippen LogP contribution in [0.1, 0.15) is 46.0 Å². The van der Waals surface area contributed by atoms with Crippen molar-refractivity contribution in [3.05, 3.63) is 30.3 Å². The van der Waals surface area contributed by atoms with E-state index in [1.807, 2.05) is 35.2 Å². The standard InChI is InChI=1S/C23H36N4O2/c1-3-18(2)17-24-22(28)21(19-9-7-8-10-19)26-13-15-27(16-14-26)23(29)25-20-11-5-4-6-12-20/h4-6,11-12,18-19,21H,3,7-10,13-17H2,1-2H3,(H,24,28)(H,25,29)/t18-,21-/m0/s1. The van der Waals surface area contributed by atoms with Gasteiger partial charge in [-0.1, -0.05) is 51.3 Å². The lowest BCUT2D eigenvalue weighted by molar-refractivity contribution is -0.129. The molecular formula is C23H36N4O2. The lowest BCUT2D eigenvalue weighted by Gasteiger charge is -2.40. The summed E-state index contributed by atoms with van der Waals surface area (Å²) in [6.45, 7) is 7.89. The molecule has 0 spiro atoms. The molecule has 6 nitrogen and oxygen atoms in total. The molecule has 1 saturated heterocycles. The van der Waals surface area contributed by atoms with Crippen molar-refractivity contribution in [1.82, 2.24) is 15.1 Å². The molecule has 1 aliphatic heterocycles. The van der Waals surface area contributed by atoms with Crippen LogP contribution in [0.3, 0.4) is 0 Å². The number of piperazine rings is 1. The summed E-state index contributed by atoms with van der Waals surface area (Å²) in [5.41, 5.74) is 0.813. The minimum Gasteiger partial charge on any atom is -0.354 e. The highest BCUT2D eigenvalue weighted by molar-refractivity contribution is 5.89. The summed E-state index contributed by atoms with van der Waals surface area (Å²) in [7, 11) is 0. The average Bonchev–Trinajstić information content (AvgIpc) is 3.27. The molecule has 0 radical (unpaired) electrons. The minimum absolute atomic E-state index is 0.0547. The first-order chi connectivity index (χ1) is 14.1. The number of carbonyl (C=O) groups excluding carboxylic acids is 2. The third kappa shape index (κ3) is 5.95. The van der Waals surface area contributed by atoms with Crippen LogP contribution in [0.4, 0.5) is 10.5 Å². The molecule has 1 saturated carbocycles. The van der Waals surface area contributed by atoms with E-state index >= 15 is 0 Å². The number of urea groups is 1. The predicted octanol–water partition coefficient (Wildman–Crippen LogP) is 3.56. The van der Waals surface area contributed by atoms with Crippen molar-refractivity contribution in [1.29, 1.82) is 0 Å². The molecule has 1 aromatic rings. The Morgan fingerprint density at radius 2 is 1.72 bits per heavy atom. The number of anilines is 1.